The Labute approximate surface area is 207 Å². The predicted molar refractivity (Wildman–Crippen MR) is 130 cm³/mol. The van der Waals surface area contributed by atoms with E-state index in [0.29, 0.717) is 31.6 Å². The summed E-state index contributed by atoms with van der Waals surface area (Å²) < 4.78 is 10.6. The van der Waals surface area contributed by atoms with Crippen molar-refractivity contribution >= 4 is 23.7 Å². The fourth-order valence-electron chi connectivity index (χ4n) is 4.82. The Balaban J connectivity index is 1.71. The van der Waals surface area contributed by atoms with Crippen molar-refractivity contribution in [1.82, 2.24) is 15.5 Å². The van der Waals surface area contributed by atoms with Gasteiger partial charge in [0.05, 0.1) is 6.42 Å². The zero-order chi connectivity index (χ0) is 25.9. The van der Waals surface area contributed by atoms with Crippen molar-refractivity contribution in [2.24, 2.45) is 11.3 Å². The lowest BCUT2D eigenvalue weighted by atomic mass is 9.76. The van der Waals surface area contributed by atoms with Gasteiger partial charge in [0.25, 0.3) is 5.91 Å². The first kappa shape index (κ1) is 26.9. The van der Waals surface area contributed by atoms with Gasteiger partial charge in [-0.2, -0.15) is 0 Å². The number of rotatable bonds is 8. The van der Waals surface area contributed by atoms with Gasteiger partial charge in [0.15, 0.2) is 0 Å². The minimum absolute atomic E-state index is 0.0279. The van der Waals surface area contributed by atoms with Crippen LogP contribution in [-0.4, -0.2) is 66.2 Å². The van der Waals surface area contributed by atoms with Gasteiger partial charge in [-0.1, -0.05) is 45.4 Å². The molecule has 3 amide bonds. The summed E-state index contributed by atoms with van der Waals surface area (Å²) in [4.78, 5) is 53.1. The summed E-state index contributed by atoms with van der Waals surface area (Å²) in [7, 11) is 0. The monoisotopic (exact) mass is 489 g/mol. The largest absolute Gasteiger partial charge is 0.433 e. The minimum atomic E-state index is -0.825. The van der Waals surface area contributed by atoms with Crippen molar-refractivity contribution in [2.45, 2.75) is 91.6 Å². The number of carbonyl (C=O) groups excluding carboxylic acids is 4. The molecule has 9 nitrogen and oxygen atoms in total. The number of amides is 3. The van der Waals surface area contributed by atoms with E-state index in [0.717, 1.165) is 12.0 Å². The van der Waals surface area contributed by atoms with E-state index in [4.69, 9.17) is 9.47 Å². The smallest absolute Gasteiger partial charge is 0.310 e. The van der Waals surface area contributed by atoms with E-state index in [1.807, 2.05) is 32.9 Å². The van der Waals surface area contributed by atoms with Gasteiger partial charge in [-0.25, -0.2) is 0 Å². The Morgan fingerprint density at radius 3 is 2.66 bits per heavy atom. The van der Waals surface area contributed by atoms with Crippen LogP contribution >= 0.6 is 0 Å². The molecule has 2 N–H and O–H groups in total. The molecule has 0 aromatic rings. The molecular weight excluding hydrogens is 450 g/mol. The molecule has 2 fully saturated rings. The number of esters is 1. The summed E-state index contributed by atoms with van der Waals surface area (Å²) in [6.45, 7) is 12.5. The second-order valence-corrected chi connectivity index (χ2v) is 10.5. The van der Waals surface area contributed by atoms with Crippen LogP contribution in [0.3, 0.4) is 0 Å². The molecule has 9 heteroatoms. The number of cyclic esters (lactones) is 1. The van der Waals surface area contributed by atoms with E-state index in [2.05, 4.69) is 24.5 Å². The maximum Gasteiger partial charge on any atom is 0.310 e. The molecule has 2 aliphatic heterocycles. The standard InChI is InChI=1S/C26H39N3O6/c1-7-34-25-18(14-20(30)35-25)27-23(32)19-11-9-13-29(19)24(33)21(15(2)3)28-22(31)17-10-8-12-26(5,6)16(17)4/h8,10,15,18-19,21,25H,7,9,11-14H2,1-6H3,(H,27,32)(H,28,31)/t18-,19-,21-,25+/m0/s1. The maximum atomic E-state index is 13.6. The summed E-state index contributed by atoms with van der Waals surface area (Å²) >= 11 is 0. The number of likely N-dealkylation sites (tertiary alicyclic amines) is 1. The van der Waals surface area contributed by atoms with Gasteiger partial charge >= 0.3 is 5.97 Å². The first-order chi connectivity index (χ1) is 16.5. The van der Waals surface area contributed by atoms with Crippen molar-refractivity contribution in [3.63, 3.8) is 0 Å². The molecular formula is C26H39N3O6. The molecule has 0 saturated carbocycles. The number of hydrogen-bond acceptors (Lipinski definition) is 6. The highest BCUT2D eigenvalue weighted by molar-refractivity contribution is 6.00. The predicted octanol–water partition coefficient (Wildman–Crippen LogP) is 2.22. The van der Waals surface area contributed by atoms with Crippen molar-refractivity contribution < 1.29 is 28.7 Å². The first-order valence-electron chi connectivity index (χ1n) is 12.6. The number of nitrogens with zero attached hydrogens (tertiary/aromatic N) is 1. The molecule has 4 atom stereocenters. The fourth-order valence-corrected chi connectivity index (χ4v) is 4.82. The van der Waals surface area contributed by atoms with E-state index < -0.39 is 30.4 Å². The molecule has 194 valence electrons. The third-order valence-electron chi connectivity index (χ3n) is 7.26. The molecule has 2 heterocycles. The Morgan fingerprint density at radius 2 is 2.00 bits per heavy atom. The molecule has 0 aromatic heterocycles. The summed E-state index contributed by atoms with van der Waals surface area (Å²) in [5, 5.41) is 5.78. The average molecular weight is 490 g/mol. The number of ether oxygens (including phenoxy) is 2. The van der Waals surface area contributed by atoms with E-state index in [1.165, 1.54) is 0 Å². The average Bonchev–Trinajstić information content (AvgIpc) is 3.40. The Hall–Kier alpha value is -2.68. The SMILES string of the molecule is CCO[C@@H]1OC(=O)C[C@@H]1NC(=O)[C@@H]1CCCN1C(=O)[C@@H](NC(=O)C1=C(C)C(C)(C)CC=C1)C(C)C. The summed E-state index contributed by atoms with van der Waals surface area (Å²) in [6.07, 6.45) is 5.06. The molecule has 3 rings (SSSR count). The Bertz CT molecular complexity index is 922. The van der Waals surface area contributed by atoms with Crippen molar-refractivity contribution in [3.8, 4) is 0 Å². The van der Waals surface area contributed by atoms with Gasteiger partial charge in [0.2, 0.25) is 18.1 Å². The first-order valence-corrected chi connectivity index (χ1v) is 12.6. The Kier molecular flexibility index (Phi) is 8.41. The zero-order valence-corrected chi connectivity index (χ0v) is 21.7. The van der Waals surface area contributed by atoms with E-state index in [9.17, 15) is 19.2 Å². The maximum absolute atomic E-state index is 13.6. The minimum Gasteiger partial charge on any atom is -0.433 e. The fraction of sp³-hybridized carbons (Fsp3) is 0.692. The summed E-state index contributed by atoms with van der Waals surface area (Å²) in [5.41, 5.74) is 1.45. The van der Waals surface area contributed by atoms with Crippen LogP contribution in [0.1, 0.15) is 67.2 Å². The van der Waals surface area contributed by atoms with E-state index in [-0.39, 0.29) is 35.5 Å². The normalized spacial score (nSPS) is 26.7. The summed E-state index contributed by atoms with van der Waals surface area (Å²) in [5.74, 6) is -1.49. The topological polar surface area (TPSA) is 114 Å². The number of allylic oxidation sites excluding steroid dienone is 2. The van der Waals surface area contributed by atoms with Crippen molar-refractivity contribution in [3.05, 3.63) is 23.3 Å². The third-order valence-corrected chi connectivity index (χ3v) is 7.26. The van der Waals surface area contributed by atoms with Gasteiger partial charge in [0, 0.05) is 18.7 Å². The molecule has 0 aromatic carbocycles. The zero-order valence-electron chi connectivity index (χ0n) is 21.7. The second kappa shape index (κ2) is 10.9. The van der Waals surface area contributed by atoms with Crippen LogP contribution < -0.4 is 10.6 Å². The Morgan fingerprint density at radius 1 is 1.29 bits per heavy atom. The van der Waals surface area contributed by atoms with Gasteiger partial charge in [-0.05, 0) is 44.4 Å². The van der Waals surface area contributed by atoms with Crippen molar-refractivity contribution in [1.29, 1.82) is 0 Å². The molecule has 0 bridgehead atoms. The second-order valence-electron chi connectivity index (χ2n) is 10.5. The van der Waals surface area contributed by atoms with Gasteiger partial charge in [-0.15, -0.1) is 0 Å². The number of hydrogen-bond donors (Lipinski definition) is 2. The van der Waals surface area contributed by atoms with Crippen LogP contribution in [0.15, 0.2) is 23.3 Å². The number of nitrogens with one attached hydrogen (secondary N) is 2. The van der Waals surface area contributed by atoms with E-state index >= 15 is 0 Å². The lowest BCUT2D eigenvalue weighted by molar-refractivity contribution is -0.164. The van der Waals surface area contributed by atoms with Crippen LogP contribution in [0.25, 0.3) is 0 Å². The van der Waals surface area contributed by atoms with Crippen LogP contribution in [-0.2, 0) is 28.7 Å². The van der Waals surface area contributed by atoms with Crippen LogP contribution in [0.5, 0.6) is 0 Å². The molecule has 0 spiro atoms. The van der Waals surface area contributed by atoms with Crippen LogP contribution in [0.4, 0.5) is 0 Å². The highest BCUT2D eigenvalue weighted by Gasteiger charge is 2.42. The third kappa shape index (κ3) is 5.94. The molecule has 3 aliphatic rings. The highest BCUT2D eigenvalue weighted by Crippen LogP contribution is 2.36. The van der Waals surface area contributed by atoms with Gasteiger partial charge in [-0.3, -0.25) is 19.2 Å². The van der Waals surface area contributed by atoms with Gasteiger partial charge in [0.1, 0.15) is 18.1 Å². The van der Waals surface area contributed by atoms with Crippen LogP contribution in [0.2, 0.25) is 0 Å². The molecule has 2 saturated heterocycles. The lowest BCUT2D eigenvalue weighted by Crippen LogP contribution is -2.56. The van der Waals surface area contributed by atoms with E-state index in [1.54, 1.807) is 11.8 Å². The molecule has 35 heavy (non-hydrogen) atoms. The lowest BCUT2D eigenvalue weighted by Gasteiger charge is -2.33. The summed E-state index contributed by atoms with van der Waals surface area (Å²) in [6, 6.07) is -2.03. The number of carbonyl (C=O) groups is 4. The molecule has 0 unspecified atom stereocenters. The quantitative estimate of drug-likeness (QED) is 0.506. The molecule has 1 aliphatic carbocycles. The van der Waals surface area contributed by atoms with Crippen molar-refractivity contribution in [2.75, 3.05) is 13.2 Å². The highest BCUT2D eigenvalue weighted by atomic mass is 16.7. The van der Waals surface area contributed by atoms with Gasteiger partial charge < -0.3 is 25.0 Å². The molecule has 0 radical (unpaired) electrons. The van der Waals surface area contributed by atoms with Crippen LogP contribution in [0, 0.1) is 11.3 Å².